The number of fused-ring (bicyclic) bond motifs is 6. The van der Waals surface area contributed by atoms with E-state index in [2.05, 4.69) is 54.5 Å². The van der Waals surface area contributed by atoms with Gasteiger partial charge in [0.05, 0.1) is 12.7 Å². The number of benzene rings is 1. The van der Waals surface area contributed by atoms with Crippen LogP contribution in [-0.2, 0) is 28.5 Å². The minimum atomic E-state index is -1.37. The minimum absolute atomic E-state index is 0.0312. The third-order valence-electron chi connectivity index (χ3n) is 16.4. The third-order valence-corrected chi connectivity index (χ3v) is 16.4. The molecular weight excluding hydrogens is 696 g/mol. The molecule has 9 nitrogen and oxygen atoms in total. The van der Waals surface area contributed by atoms with Gasteiger partial charge in [0.15, 0.2) is 12.4 Å². The molecule has 6 aliphatic rings. The first-order valence-electron chi connectivity index (χ1n) is 21.0. The summed E-state index contributed by atoms with van der Waals surface area (Å²) in [6, 6.07) is 6.38. The van der Waals surface area contributed by atoms with Crippen LogP contribution in [0.25, 0.3) is 6.08 Å². The molecule has 0 bridgehead atoms. The number of ether oxygens (including phenoxy) is 4. The van der Waals surface area contributed by atoms with Crippen molar-refractivity contribution in [3.8, 4) is 5.75 Å². The molecule has 13 atom stereocenters. The summed E-state index contributed by atoms with van der Waals surface area (Å²) in [6.07, 6.45) is 11.3. The lowest BCUT2D eigenvalue weighted by Crippen LogP contribution is -2.61. The fourth-order valence-electron chi connectivity index (χ4n) is 13.7. The molecule has 7 rings (SSSR count). The topological polar surface area (TPSA) is 132 Å². The van der Waals surface area contributed by atoms with Gasteiger partial charge in [-0.1, -0.05) is 72.2 Å². The van der Waals surface area contributed by atoms with Gasteiger partial charge in [-0.15, -0.1) is 0 Å². The van der Waals surface area contributed by atoms with E-state index in [-0.39, 0.29) is 57.6 Å². The first kappa shape index (κ1) is 40.5. The highest BCUT2D eigenvalue weighted by Crippen LogP contribution is 2.70. The molecule has 0 amide bonds. The van der Waals surface area contributed by atoms with E-state index in [0.29, 0.717) is 29.2 Å². The first-order valence-corrected chi connectivity index (χ1v) is 21.0. The number of aromatic hydroxyl groups is 1. The summed E-state index contributed by atoms with van der Waals surface area (Å²) in [5, 5.41) is 31.7. The van der Waals surface area contributed by atoms with Crippen molar-refractivity contribution in [2.24, 2.45) is 50.7 Å². The van der Waals surface area contributed by atoms with E-state index < -0.39 is 30.6 Å². The zero-order valence-electron chi connectivity index (χ0n) is 34.4. The molecule has 0 unspecified atom stereocenters. The number of hydrogen-bond acceptors (Lipinski definition) is 9. The number of esters is 2. The van der Waals surface area contributed by atoms with Gasteiger partial charge in [0.2, 0.25) is 0 Å². The van der Waals surface area contributed by atoms with Crippen molar-refractivity contribution in [3.05, 3.63) is 47.6 Å². The van der Waals surface area contributed by atoms with E-state index in [0.717, 1.165) is 38.5 Å². The van der Waals surface area contributed by atoms with Gasteiger partial charge in [-0.25, -0.2) is 4.79 Å². The summed E-state index contributed by atoms with van der Waals surface area (Å²) in [5.41, 5.74) is 2.67. The highest BCUT2D eigenvalue weighted by atomic mass is 16.7. The van der Waals surface area contributed by atoms with Crippen LogP contribution in [0.4, 0.5) is 0 Å². The van der Waals surface area contributed by atoms with Crippen LogP contribution in [-0.4, -0.2) is 70.7 Å². The summed E-state index contributed by atoms with van der Waals surface area (Å²) in [4.78, 5) is 24.6. The Balaban J connectivity index is 1.01. The molecule has 0 aromatic heterocycles. The second kappa shape index (κ2) is 14.6. The van der Waals surface area contributed by atoms with Gasteiger partial charge in [-0.2, -0.15) is 0 Å². The highest BCUT2D eigenvalue weighted by molar-refractivity contribution is 5.87. The van der Waals surface area contributed by atoms with Gasteiger partial charge < -0.3 is 34.3 Å². The molecule has 5 fully saturated rings. The number of aliphatic hydroxyl groups is 2. The lowest BCUT2D eigenvalue weighted by Gasteiger charge is -2.64. The molecule has 1 aromatic rings. The maximum Gasteiger partial charge on any atom is 0.331 e. The van der Waals surface area contributed by atoms with E-state index >= 15 is 0 Å². The van der Waals surface area contributed by atoms with E-state index in [9.17, 15) is 24.9 Å². The Morgan fingerprint density at radius 2 is 1.45 bits per heavy atom. The summed E-state index contributed by atoms with van der Waals surface area (Å²) >= 11 is 0. The third kappa shape index (κ3) is 7.12. The zero-order chi connectivity index (χ0) is 39.7. The molecule has 3 N–H and O–H groups in total. The number of aliphatic hydroxyl groups excluding tert-OH is 2. The molecule has 1 aromatic carbocycles. The quantitative estimate of drug-likeness (QED) is 0.114. The molecule has 1 saturated heterocycles. The van der Waals surface area contributed by atoms with E-state index in [1.54, 1.807) is 30.7 Å². The van der Waals surface area contributed by atoms with Crippen molar-refractivity contribution < 1.29 is 43.9 Å². The van der Waals surface area contributed by atoms with Crippen LogP contribution in [0.15, 0.2) is 42.0 Å². The normalized spacial score (nSPS) is 43.4. The van der Waals surface area contributed by atoms with E-state index in [1.165, 1.54) is 43.9 Å². The Bertz CT molecular complexity index is 1660. The van der Waals surface area contributed by atoms with Crippen molar-refractivity contribution >= 4 is 18.0 Å². The van der Waals surface area contributed by atoms with Gasteiger partial charge in [-0.05, 0) is 133 Å². The van der Waals surface area contributed by atoms with Crippen molar-refractivity contribution in [3.63, 3.8) is 0 Å². The number of allylic oxidation sites excluding steroid dienone is 2. The molecule has 1 heterocycles. The molecule has 55 heavy (non-hydrogen) atoms. The Labute approximate surface area is 328 Å². The largest absolute Gasteiger partial charge is 0.508 e. The molecule has 0 spiro atoms. The number of hydrogen-bond donors (Lipinski definition) is 3. The first-order chi connectivity index (χ1) is 25.8. The monoisotopic (exact) mass is 762 g/mol. The van der Waals surface area contributed by atoms with Crippen LogP contribution in [0, 0.1) is 50.7 Å². The predicted molar refractivity (Wildman–Crippen MR) is 209 cm³/mol. The van der Waals surface area contributed by atoms with Crippen LogP contribution in [0.3, 0.4) is 0 Å². The molecule has 4 saturated carbocycles. The van der Waals surface area contributed by atoms with E-state index in [4.69, 9.17) is 18.9 Å². The Kier molecular flexibility index (Phi) is 10.7. The summed E-state index contributed by atoms with van der Waals surface area (Å²) < 4.78 is 24.0. The SMILES string of the molecule is CC(=O)O[C@H]1CC[C@]2(C)[C@H]3CC[C@H]4[C@@](C)(CC[C@H]5C(C)(C)[C@@H](O[C@@H]6OC[C@H](OC(=O)/C=C/c7ccc(O)cc7)[C@H](O)[C@H]6O)CC[C@@]54C)CC3=CC[C@H]2C1(C)C. The van der Waals surface area contributed by atoms with Crippen molar-refractivity contribution in [1.29, 1.82) is 0 Å². The second-order valence-electron chi connectivity index (χ2n) is 20.2. The van der Waals surface area contributed by atoms with Crippen LogP contribution in [0.2, 0.25) is 0 Å². The molecular formula is C46H66O9. The average Bonchev–Trinajstić information content (AvgIpc) is 3.27. The average molecular weight is 763 g/mol. The van der Waals surface area contributed by atoms with Crippen LogP contribution >= 0.6 is 0 Å². The molecule has 0 radical (unpaired) electrons. The lowest BCUT2D eigenvalue weighted by molar-refractivity contribution is -0.307. The molecule has 5 aliphatic carbocycles. The van der Waals surface area contributed by atoms with Crippen molar-refractivity contribution in [2.45, 2.75) is 156 Å². The smallest absolute Gasteiger partial charge is 0.331 e. The molecule has 304 valence electrons. The Morgan fingerprint density at radius 3 is 2.16 bits per heavy atom. The van der Waals surface area contributed by atoms with Crippen molar-refractivity contribution in [2.75, 3.05) is 6.61 Å². The number of rotatable bonds is 6. The standard InChI is InChI=1S/C46H66O9/c1-27(47)53-36-20-23-45(7)31-15-17-35-44(6,25-29(31)12-16-33(45)42(36,2)3)22-19-34-43(4,5)37(21-24-46(34,35)8)55-41-40(51)39(50)32(26-52-41)54-38(49)18-11-28-9-13-30(48)14-10-28/h9-14,18,31-37,39-41,48,50-51H,15-17,19-26H2,1-8H3/b18-11+/t31-,32-,33-,34-,35-,36-,37-,39-,40+,41-,44-,45+,46-/m0/s1. The maximum absolute atomic E-state index is 12.6. The fourth-order valence-corrected chi connectivity index (χ4v) is 13.7. The number of carbonyl (C=O) groups is 2. The lowest BCUT2D eigenvalue weighted by atomic mass is 9.42. The zero-order valence-corrected chi connectivity index (χ0v) is 34.4. The molecule has 9 heteroatoms. The summed E-state index contributed by atoms with van der Waals surface area (Å²) in [7, 11) is 0. The summed E-state index contributed by atoms with van der Waals surface area (Å²) in [5.74, 6) is 1.32. The highest BCUT2D eigenvalue weighted by Gasteiger charge is 2.64. The van der Waals surface area contributed by atoms with Gasteiger partial charge in [0, 0.05) is 18.4 Å². The summed E-state index contributed by atoms with van der Waals surface area (Å²) in [6.45, 7) is 18.5. The van der Waals surface area contributed by atoms with Gasteiger partial charge in [0.1, 0.15) is 24.1 Å². The fraction of sp³-hybridized carbons (Fsp3) is 0.739. The molecule has 1 aliphatic heterocycles. The number of phenols is 1. The Hall–Kier alpha value is -2.72. The van der Waals surface area contributed by atoms with Crippen LogP contribution in [0.1, 0.15) is 125 Å². The van der Waals surface area contributed by atoms with Gasteiger partial charge in [0.25, 0.3) is 0 Å². The van der Waals surface area contributed by atoms with Crippen LogP contribution in [0.5, 0.6) is 5.75 Å². The number of phenolic OH excluding ortho intramolecular Hbond substituents is 1. The maximum atomic E-state index is 12.6. The van der Waals surface area contributed by atoms with Crippen LogP contribution < -0.4 is 0 Å². The van der Waals surface area contributed by atoms with Gasteiger partial charge >= 0.3 is 11.9 Å². The van der Waals surface area contributed by atoms with Gasteiger partial charge in [-0.3, -0.25) is 4.79 Å². The minimum Gasteiger partial charge on any atom is -0.508 e. The predicted octanol–water partition coefficient (Wildman–Crippen LogP) is 8.14. The number of carbonyl (C=O) groups excluding carboxylic acids is 2. The Morgan fingerprint density at radius 1 is 0.782 bits per heavy atom. The van der Waals surface area contributed by atoms with E-state index in [1.807, 2.05) is 0 Å². The van der Waals surface area contributed by atoms with Crippen molar-refractivity contribution in [1.82, 2.24) is 0 Å². The second-order valence-corrected chi connectivity index (χ2v) is 20.2.